The van der Waals surface area contributed by atoms with Gasteiger partial charge in [-0.15, -0.1) is 0 Å². The number of aliphatic hydroxyl groups is 1. The zero-order valence-corrected chi connectivity index (χ0v) is 13.8. The van der Waals surface area contributed by atoms with Gasteiger partial charge < -0.3 is 14.7 Å². The van der Waals surface area contributed by atoms with E-state index in [1.165, 1.54) is 0 Å². The minimum absolute atomic E-state index is 0.134. The third kappa shape index (κ3) is 4.43. The summed E-state index contributed by atoms with van der Waals surface area (Å²) in [7, 11) is 0. The van der Waals surface area contributed by atoms with Crippen molar-refractivity contribution < 1.29 is 14.6 Å². The number of carbonyl (C=O) groups is 1. The molecule has 5 nitrogen and oxygen atoms in total. The number of ether oxygens (including phenoxy) is 1. The van der Waals surface area contributed by atoms with Gasteiger partial charge in [0.2, 0.25) is 5.91 Å². The Bertz CT molecular complexity index is 337. The normalized spacial score (nSPS) is 22.1. The van der Waals surface area contributed by atoms with Crippen LogP contribution in [0.4, 0.5) is 0 Å². The van der Waals surface area contributed by atoms with Gasteiger partial charge in [-0.25, -0.2) is 0 Å². The first kappa shape index (κ1) is 17.4. The number of nitrogens with zero attached hydrogens (tertiary/aromatic N) is 2. The first-order chi connectivity index (χ1) is 9.08. The molecule has 0 aromatic carbocycles. The predicted octanol–water partition coefficient (Wildman–Crippen LogP) is 1.11. The van der Waals surface area contributed by atoms with Crippen molar-refractivity contribution in [2.75, 3.05) is 32.8 Å². The number of carbonyl (C=O) groups excluding carboxylic acids is 1. The van der Waals surface area contributed by atoms with Gasteiger partial charge in [-0.2, -0.15) is 0 Å². The summed E-state index contributed by atoms with van der Waals surface area (Å²) in [6.07, 6.45) is -0.575. The molecule has 0 radical (unpaired) electrons. The number of amides is 1. The molecule has 0 aromatic heterocycles. The van der Waals surface area contributed by atoms with Crippen LogP contribution in [0.15, 0.2) is 0 Å². The van der Waals surface area contributed by atoms with E-state index in [-0.39, 0.29) is 11.5 Å². The molecule has 1 heterocycles. The van der Waals surface area contributed by atoms with Crippen molar-refractivity contribution in [1.29, 1.82) is 0 Å². The van der Waals surface area contributed by atoms with Crippen molar-refractivity contribution in [3.05, 3.63) is 0 Å². The molecule has 20 heavy (non-hydrogen) atoms. The Labute approximate surface area is 122 Å². The molecule has 0 spiro atoms. The molecule has 1 saturated heterocycles. The second-order valence-electron chi connectivity index (χ2n) is 6.97. The van der Waals surface area contributed by atoms with Crippen LogP contribution in [-0.4, -0.2) is 70.8 Å². The smallest absolute Gasteiger partial charge is 0.242 e. The monoisotopic (exact) mass is 286 g/mol. The number of hydrogen-bond donors (Lipinski definition) is 1. The molecule has 1 aliphatic rings. The van der Waals surface area contributed by atoms with Crippen LogP contribution in [-0.2, 0) is 9.53 Å². The highest BCUT2D eigenvalue weighted by molar-refractivity contribution is 5.86. The van der Waals surface area contributed by atoms with E-state index < -0.39 is 11.6 Å². The van der Waals surface area contributed by atoms with E-state index in [0.29, 0.717) is 13.2 Å². The van der Waals surface area contributed by atoms with Gasteiger partial charge in [-0.1, -0.05) is 0 Å². The first-order valence-corrected chi connectivity index (χ1v) is 7.44. The average molecular weight is 286 g/mol. The van der Waals surface area contributed by atoms with Crippen molar-refractivity contribution in [3.8, 4) is 0 Å². The molecule has 1 rings (SSSR count). The van der Waals surface area contributed by atoms with Crippen LogP contribution >= 0.6 is 0 Å². The highest BCUT2D eigenvalue weighted by Crippen LogP contribution is 2.22. The minimum Gasteiger partial charge on any atom is -0.389 e. The summed E-state index contributed by atoms with van der Waals surface area (Å²) in [5, 5.41) is 10.1. The molecule has 0 aliphatic carbocycles. The summed E-state index contributed by atoms with van der Waals surface area (Å²) in [6, 6.07) is 0. The lowest BCUT2D eigenvalue weighted by Gasteiger charge is -2.46. The molecule has 1 aliphatic heterocycles. The SMILES string of the molecule is CCN1CCN(C[C@H](O)COC(C)(C)C)C(C)(C)C1=O. The van der Waals surface area contributed by atoms with Gasteiger partial charge in [-0.05, 0) is 41.5 Å². The van der Waals surface area contributed by atoms with Crippen molar-refractivity contribution in [2.24, 2.45) is 0 Å². The molecule has 0 unspecified atom stereocenters. The van der Waals surface area contributed by atoms with E-state index in [1.807, 2.05) is 46.4 Å². The van der Waals surface area contributed by atoms with Crippen molar-refractivity contribution in [3.63, 3.8) is 0 Å². The van der Waals surface area contributed by atoms with E-state index in [4.69, 9.17) is 4.74 Å². The number of piperazine rings is 1. The molecule has 1 amide bonds. The predicted molar refractivity (Wildman–Crippen MR) is 79.6 cm³/mol. The van der Waals surface area contributed by atoms with Crippen LogP contribution in [0.5, 0.6) is 0 Å². The second-order valence-corrected chi connectivity index (χ2v) is 6.97. The van der Waals surface area contributed by atoms with E-state index in [0.717, 1.165) is 19.6 Å². The van der Waals surface area contributed by atoms with Crippen LogP contribution < -0.4 is 0 Å². The largest absolute Gasteiger partial charge is 0.389 e. The Morgan fingerprint density at radius 1 is 1.35 bits per heavy atom. The molecule has 0 bridgehead atoms. The third-order valence-corrected chi connectivity index (χ3v) is 3.76. The molecule has 1 N–H and O–H groups in total. The Morgan fingerprint density at radius 3 is 2.45 bits per heavy atom. The van der Waals surface area contributed by atoms with Gasteiger partial charge >= 0.3 is 0 Å². The van der Waals surface area contributed by atoms with Crippen molar-refractivity contribution >= 4 is 5.91 Å². The fourth-order valence-corrected chi connectivity index (χ4v) is 2.42. The van der Waals surface area contributed by atoms with Gasteiger partial charge in [0.1, 0.15) is 0 Å². The summed E-state index contributed by atoms with van der Waals surface area (Å²) in [6.45, 7) is 14.8. The van der Waals surface area contributed by atoms with Crippen LogP contribution in [0.3, 0.4) is 0 Å². The number of likely N-dealkylation sites (N-methyl/N-ethyl adjacent to an activating group) is 1. The molecule has 5 heteroatoms. The van der Waals surface area contributed by atoms with Crippen molar-refractivity contribution in [1.82, 2.24) is 9.80 Å². The fourth-order valence-electron chi connectivity index (χ4n) is 2.42. The Kier molecular flexibility index (Phi) is 5.58. The van der Waals surface area contributed by atoms with E-state index >= 15 is 0 Å². The zero-order valence-electron chi connectivity index (χ0n) is 13.8. The van der Waals surface area contributed by atoms with Gasteiger partial charge in [0.05, 0.1) is 23.9 Å². The van der Waals surface area contributed by atoms with E-state index in [2.05, 4.69) is 4.90 Å². The fraction of sp³-hybridized carbons (Fsp3) is 0.933. The third-order valence-electron chi connectivity index (χ3n) is 3.76. The van der Waals surface area contributed by atoms with Crippen LogP contribution in [0.1, 0.15) is 41.5 Å². The summed E-state index contributed by atoms with van der Waals surface area (Å²) in [5.74, 6) is 0.134. The van der Waals surface area contributed by atoms with E-state index in [9.17, 15) is 9.90 Å². The Morgan fingerprint density at radius 2 is 1.95 bits per heavy atom. The Balaban J connectivity index is 2.57. The quantitative estimate of drug-likeness (QED) is 0.822. The van der Waals surface area contributed by atoms with Gasteiger partial charge in [0.25, 0.3) is 0 Å². The number of β-amino-alcohol motifs (C(OH)–C–C–N with tert-alkyl or cyclic N) is 1. The molecule has 1 atom stereocenters. The topological polar surface area (TPSA) is 53.0 Å². The van der Waals surface area contributed by atoms with Crippen LogP contribution in [0.2, 0.25) is 0 Å². The molecule has 1 fully saturated rings. The summed E-state index contributed by atoms with van der Waals surface area (Å²) >= 11 is 0. The molecule has 0 saturated carbocycles. The Hall–Kier alpha value is -0.650. The molecule has 0 aromatic rings. The molecule has 118 valence electrons. The maximum atomic E-state index is 12.4. The average Bonchev–Trinajstić information content (AvgIpc) is 2.32. The zero-order chi connectivity index (χ0) is 15.6. The molecular formula is C15H30N2O3. The molecular weight excluding hydrogens is 256 g/mol. The second kappa shape index (κ2) is 6.41. The van der Waals surface area contributed by atoms with Gasteiger partial charge in [0, 0.05) is 26.2 Å². The number of hydrogen-bond acceptors (Lipinski definition) is 4. The lowest BCUT2D eigenvalue weighted by molar-refractivity contribution is -0.151. The maximum Gasteiger partial charge on any atom is 0.242 e. The summed E-state index contributed by atoms with van der Waals surface area (Å²) < 4.78 is 5.60. The highest BCUT2D eigenvalue weighted by Gasteiger charge is 2.41. The van der Waals surface area contributed by atoms with E-state index in [1.54, 1.807) is 0 Å². The lowest BCUT2D eigenvalue weighted by Crippen LogP contribution is -2.64. The summed E-state index contributed by atoms with van der Waals surface area (Å²) in [4.78, 5) is 16.3. The number of aliphatic hydroxyl groups excluding tert-OH is 1. The summed E-state index contributed by atoms with van der Waals surface area (Å²) in [5.41, 5.74) is -0.815. The van der Waals surface area contributed by atoms with Gasteiger partial charge in [0.15, 0.2) is 0 Å². The maximum absolute atomic E-state index is 12.4. The minimum atomic E-state index is -0.575. The highest BCUT2D eigenvalue weighted by atomic mass is 16.5. The van der Waals surface area contributed by atoms with Crippen LogP contribution in [0.25, 0.3) is 0 Å². The lowest BCUT2D eigenvalue weighted by atomic mass is 9.97. The standard InChI is InChI=1S/C15H30N2O3/c1-7-16-8-9-17(15(5,6)13(16)19)10-12(18)11-20-14(2,3)4/h12,18H,7-11H2,1-6H3/t12-/m0/s1. The number of rotatable bonds is 5. The first-order valence-electron chi connectivity index (χ1n) is 7.44. The van der Waals surface area contributed by atoms with Crippen molar-refractivity contribution in [2.45, 2.75) is 58.8 Å². The van der Waals surface area contributed by atoms with Crippen LogP contribution in [0, 0.1) is 0 Å². The van der Waals surface area contributed by atoms with Gasteiger partial charge in [-0.3, -0.25) is 9.69 Å².